The summed E-state index contributed by atoms with van der Waals surface area (Å²) >= 11 is 0. The van der Waals surface area contributed by atoms with E-state index in [9.17, 15) is 4.79 Å². The van der Waals surface area contributed by atoms with Crippen LogP contribution in [0.2, 0.25) is 0 Å². The normalized spacial score (nSPS) is 23.3. The Morgan fingerprint density at radius 3 is 2.39 bits per heavy atom. The standard InChI is InChI=1S/C27H34N2O2/c1-21-7-9-23(10-8-21)26(30)28-16-14-27(15-17-28)19-25(13-18-31-27)29(24-11-12-24)20-22-5-3-2-4-6-22/h2-10,24-25H,11-20H2,1H3. The second-order valence-corrected chi connectivity index (χ2v) is 9.73. The molecule has 1 unspecified atom stereocenters. The van der Waals surface area contributed by atoms with Gasteiger partial charge in [-0.1, -0.05) is 48.0 Å². The molecule has 2 saturated heterocycles. The first-order chi connectivity index (χ1) is 15.1. The molecule has 0 bridgehead atoms. The van der Waals surface area contributed by atoms with Crippen LogP contribution < -0.4 is 0 Å². The highest BCUT2D eigenvalue weighted by Gasteiger charge is 2.45. The Hall–Kier alpha value is -2.17. The Labute approximate surface area is 186 Å². The van der Waals surface area contributed by atoms with Crippen LogP contribution in [0, 0.1) is 6.92 Å². The van der Waals surface area contributed by atoms with Crippen LogP contribution in [0.3, 0.4) is 0 Å². The van der Waals surface area contributed by atoms with Crippen LogP contribution in [0.15, 0.2) is 54.6 Å². The molecule has 1 atom stereocenters. The monoisotopic (exact) mass is 418 g/mol. The lowest BCUT2D eigenvalue weighted by molar-refractivity contribution is -0.131. The van der Waals surface area contributed by atoms with Crippen LogP contribution >= 0.6 is 0 Å². The number of aryl methyl sites for hydroxylation is 1. The van der Waals surface area contributed by atoms with Gasteiger partial charge in [0.15, 0.2) is 0 Å². The van der Waals surface area contributed by atoms with Crippen LogP contribution in [-0.2, 0) is 11.3 Å². The van der Waals surface area contributed by atoms with Crippen LogP contribution in [0.5, 0.6) is 0 Å². The predicted molar refractivity (Wildman–Crippen MR) is 123 cm³/mol. The van der Waals surface area contributed by atoms with Crippen molar-refractivity contribution in [3.05, 3.63) is 71.3 Å². The molecule has 5 rings (SSSR count). The molecule has 3 fully saturated rings. The zero-order valence-electron chi connectivity index (χ0n) is 18.6. The smallest absolute Gasteiger partial charge is 0.253 e. The summed E-state index contributed by atoms with van der Waals surface area (Å²) in [5, 5.41) is 0. The van der Waals surface area contributed by atoms with Gasteiger partial charge < -0.3 is 9.64 Å². The van der Waals surface area contributed by atoms with E-state index in [1.165, 1.54) is 24.0 Å². The van der Waals surface area contributed by atoms with Gasteiger partial charge in [-0.2, -0.15) is 0 Å². The highest BCUT2D eigenvalue weighted by Crippen LogP contribution is 2.40. The van der Waals surface area contributed by atoms with Crippen molar-refractivity contribution in [2.45, 2.75) is 69.7 Å². The molecule has 4 heteroatoms. The number of ether oxygens (including phenoxy) is 1. The second kappa shape index (κ2) is 8.76. The van der Waals surface area contributed by atoms with E-state index >= 15 is 0 Å². The molecule has 31 heavy (non-hydrogen) atoms. The number of carbonyl (C=O) groups excluding carboxylic acids is 1. The van der Waals surface area contributed by atoms with Crippen LogP contribution in [0.25, 0.3) is 0 Å². The van der Waals surface area contributed by atoms with Gasteiger partial charge in [0.1, 0.15) is 0 Å². The number of amides is 1. The maximum absolute atomic E-state index is 12.9. The van der Waals surface area contributed by atoms with Gasteiger partial charge in [0.05, 0.1) is 5.60 Å². The zero-order valence-corrected chi connectivity index (χ0v) is 18.6. The molecule has 0 radical (unpaired) electrons. The van der Waals surface area contributed by atoms with E-state index in [1.54, 1.807) is 0 Å². The summed E-state index contributed by atoms with van der Waals surface area (Å²) in [6.45, 7) is 5.53. The van der Waals surface area contributed by atoms with Crippen molar-refractivity contribution < 1.29 is 9.53 Å². The molecular formula is C27H34N2O2. The number of nitrogens with zero attached hydrogens (tertiary/aromatic N) is 2. The Balaban J connectivity index is 1.23. The molecule has 2 aromatic rings. The molecular weight excluding hydrogens is 384 g/mol. The molecule has 4 nitrogen and oxygen atoms in total. The van der Waals surface area contributed by atoms with Crippen LogP contribution in [0.1, 0.15) is 60.0 Å². The van der Waals surface area contributed by atoms with E-state index in [4.69, 9.17) is 4.74 Å². The first-order valence-electron chi connectivity index (χ1n) is 11.9. The summed E-state index contributed by atoms with van der Waals surface area (Å²) in [6.07, 6.45) is 6.78. The predicted octanol–water partition coefficient (Wildman–Crippen LogP) is 4.81. The number of rotatable bonds is 5. The largest absolute Gasteiger partial charge is 0.375 e. The van der Waals surface area contributed by atoms with E-state index in [2.05, 4.69) is 42.2 Å². The van der Waals surface area contributed by atoms with Gasteiger partial charge in [-0.3, -0.25) is 9.69 Å². The summed E-state index contributed by atoms with van der Waals surface area (Å²) in [6, 6.07) is 20.2. The minimum atomic E-state index is -0.0587. The number of piperidine rings is 1. The van der Waals surface area contributed by atoms with Gasteiger partial charge in [-0.05, 0) is 63.1 Å². The van der Waals surface area contributed by atoms with E-state index in [1.807, 2.05) is 29.2 Å². The Bertz CT molecular complexity index is 883. The molecule has 2 aliphatic heterocycles. The molecule has 2 heterocycles. The van der Waals surface area contributed by atoms with Crippen LogP contribution in [0.4, 0.5) is 0 Å². The summed E-state index contributed by atoms with van der Waals surface area (Å²) in [7, 11) is 0. The van der Waals surface area contributed by atoms with Crippen molar-refractivity contribution in [2.75, 3.05) is 19.7 Å². The second-order valence-electron chi connectivity index (χ2n) is 9.73. The van der Waals surface area contributed by atoms with E-state index < -0.39 is 0 Å². The minimum Gasteiger partial charge on any atom is -0.375 e. The lowest BCUT2D eigenvalue weighted by Crippen LogP contribution is -2.54. The highest BCUT2D eigenvalue weighted by molar-refractivity contribution is 5.94. The van der Waals surface area contributed by atoms with Crippen molar-refractivity contribution in [1.29, 1.82) is 0 Å². The number of hydrogen-bond donors (Lipinski definition) is 0. The SMILES string of the molecule is Cc1ccc(C(=O)N2CCC3(CC2)CC(N(Cc2ccccc2)C2CC2)CCO3)cc1. The minimum absolute atomic E-state index is 0.0587. The third kappa shape index (κ3) is 4.70. The summed E-state index contributed by atoms with van der Waals surface area (Å²) in [5.41, 5.74) is 3.34. The first kappa shape index (κ1) is 20.7. The maximum atomic E-state index is 12.9. The van der Waals surface area contributed by atoms with E-state index in [0.717, 1.165) is 63.5 Å². The fraction of sp³-hybridized carbons (Fsp3) is 0.519. The average Bonchev–Trinajstić information content (AvgIpc) is 3.64. The molecule has 1 saturated carbocycles. The fourth-order valence-corrected chi connectivity index (χ4v) is 5.39. The lowest BCUT2D eigenvalue weighted by atomic mass is 9.81. The average molecular weight is 419 g/mol. The number of benzene rings is 2. The van der Waals surface area contributed by atoms with Crippen molar-refractivity contribution in [2.24, 2.45) is 0 Å². The molecule has 0 N–H and O–H groups in total. The summed E-state index contributed by atoms with van der Waals surface area (Å²) < 4.78 is 6.42. The van der Waals surface area contributed by atoms with E-state index in [0.29, 0.717) is 6.04 Å². The highest BCUT2D eigenvalue weighted by atomic mass is 16.5. The van der Waals surface area contributed by atoms with Gasteiger partial charge in [0.25, 0.3) is 5.91 Å². The molecule has 1 spiro atoms. The van der Waals surface area contributed by atoms with Gasteiger partial charge in [0.2, 0.25) is 0 Å². The number of carbonyl (C=O) groups is 1. The third-order valence-corrected chi connectivity index (χ3v) is 7.42. The topological polar surface area (TPSA) is 32.8 Å². The maximum Gasteiger partial charge on any atom is 0.253 e. The third-order valence-electron chi connectivity index (χ3n) is 7.42. The fourth-order valence-electron chi connectivity index (χ4n) is 5.39. The molecule has 164 valence electrons. The van der Waals surface area contributed by atoms with Gasteiger partial charge in [0, 0.05) is 43.9 Å². The van der Waals surface area contributed by atoms with Gasteiger partial charge in [-0.25, -0.2) is 0 Å². The van der Waals surface area contributed by atoms with Crippen molar-refractivity contribution in [3.8, 4) is 0 Å². The van der Waals surface area contributed by atoms with Gasteiger partial charge in [-0.15, -0.1) is 0 Å². The van der Waals surface area contributed by atoms with E-state index in [-0.39, 0.29) is 11.5 Å². The zero-order chi connectivity index (χ0) is 21.3. The molecule has 1 amide bonds. The van der Waals surface area contributed by atoms with Crippen molar-refractivity contribution >= 4 is 5.91 Å². The Morgan fingerprint density at radius 2 is 1.71 bits per heavy atom. The molecule has 3 aliphatic rings. The number of hydrogen-bond acceptors (Lipinski definition) is 3. The lowest BCUT2D eigenvalue weighted by Gasteiger charge is -2.48. The molecule has 0 aromatic heterocycles. The summed E-state index contributed by atoms with van der Waals surface area (Å²) in [5.74, 6) is 0.158. The van der Waals surface area contributed by atoms with Gasteiger partial charge >= 0.3 is 0 Å². The Kier molecular flexibility index (Phi) is 5.85. The summed E-state index contributed by atoms with van der Waals surface area (Å²) in [4.78, 5) is 17.7. The first-order valence-corrected chi connectivity index (χ1v) is 11.9. The van der Waals surface area contributed by atoms with Crippen LogP contribution in [-0.4, -0.2) is 53.1 Å². The number of likely N-dealkylation sites (tertiary alicyclic amines) is 1. The van der Waals surface area contributed by atoms with Crippen molar-refractivity contribution in [1.82, 2.24) is 9.80 Å². The van der Waals surface area contributed by atoms with Crippen molar-refractivity contribution in [3.63, 3.8) is 0 Å². The molecule has 1 aliphatic carbocycles. The molecule has 2 aromatic carbocycles. The Morgan fingerprint density at radius 1 is 1.00 bits per heavy atom. The quantitative estimate of drug-likeness (QED) is 0.698.